The lowest BCUT2D eigenvalue weighted by Crippen LogP contribution is -2.20. The molecule has 1 heterocycles. The van der Waals surface area contributed by atoms with Crippen LogP contribution in [0.2, 0.25) is 0 Å². The van der Waals surface area contributed by atoms with Gasteiger partial charge in [0.15, 0.2) is 0 Å². The molecule has 1 unspecified atom stereocenters. The molecule has 0 aliphatic heterocycles. The van der Waals surface area contributed by atoms with Gasteiger partial charge in [0.2, 0.25) is 0 Å². The number of hydrogen-bond donors (Lipinski definition) is 1. The second-order valence-electron chi connectivity index (χ2n) is 5.10. The molecule has 2 aromatic rings. The summed E-state index contributed by atoms with van der Waals surface area (Å²) in [6.07, 6.45) is 4.64. The maximum Gasteiger partial charge on any atom is 0.123 e. The molecule has 0 bridgehead atoms. The molecular weight excluding hydrogens is 251 g/mol. The Balaban J connectivity index is 2.46. The lowest BCUT2D eigenvalue weighted by Gasteiger charge is -2.19. The van der Waals surface area contributed by atoms with Crippen LogP contribution in [0.4, 0.5) is 4.39 Å². The van der Waals surface area contributed by atoms with Gasteiger partial charge in [-0.25, -0.2) is 4.39 Å². The molecule has 0 aliphatic rings. The summed E-state index contributed by atoms with van der Waals surface area (Å²) in [5.74, 6) is -0.206. The molecule has 106 valence electrons. The highest BCUT2D eigenvalue weighted by Gasteiger charge is 2.13. The monoisotopic (exact) mass is 272 g/mol. The van der Waals surface area contributed by atoms with Crippen molar-refractivity contribution in [1.82, 2.24) is 10.3 Å². The van der Waals surface area contributed by atoms with E-state index >= 15 is 0 Å². The van der Waals surface area contributed by atoms with E-state index in [9.17, 15) is 4.39 Å². The quantitative estimate of drug-likeness (QED) is 0.879. The van der Waals surface area contributed by atoms with Gasteiger partial charge in [-0.3, -0.25) is 4.98 Å². The van der Waals surface area contributed by atoms with Crippen LogP contribution in [0.15, 0.2) is 36.7 Å². The average Bonchev–Trinajstić information content (AvgIpc) is 2.45. The summed E-state index contributed by atoms with van der Waals surface area (Å²) in [5, 5.41) is 3.46. The first kappa shape index (κ1) is 14.7. The van der Waals surface area contributed by atoms with Gasteiger partial charge < -0.3 is 5.32 Å². The zero-order chi connectivity index (χ0) is 14.5. The van der Waals surface area contributed by atoms with E-state index in [0.29, 0.717) is 0 Å². The van der Waals surface area contributed by atoms with Crippen LogP contribution in [0, 0.1) is 12.7 Å². The first-order valence-electron chi connectivity index (χ1n) is 7.07. The highest BCUT2D eigenvalue weighted by atomic mass is 19.1. The van der Waals surface area contributed by atoms with E-state index in [-0.39, 0.29) is 11.9 Å². The van der Waals surface area contributed by atoms with Gasteiger partial charge in [-0.15, -0.1) is 0 Å². The highest BCUT2D eigenvalue weighted by molar-refractivity contribution is 5.70. The third-order valence-corrected chi connectivity index (χ3v) is 3.49. The van der Waals surface area contributed by atoms with Gasteiger partial charge in [0.05, 0.1) is 0 Å². The Labute approximate surface area is 120 Å². The largest absolute Gasteiger partial charge is 0.310 e. The van der Waals surface area contributed by atoms with Crippen molar-refractivity contribution in [3.05, 3.63) is 53.6 Å². The summed E-state index contributed by atoms with van der Waals surface area (Å²) in [6.45, 7) is 7.20. The topological polar surface area (TPSA) is 24.9 Å². The Morgan fingerprint density at radius 3 is 2.75 bits per heavy atom. The third-order valence-electron chi connectivity index (χ3n) is 3.49. The Bertz CT molecular complexity index is 581. The number of halogens is 1. The van der Waals surface area contributed by atoms with Crippen molar-refractivity contribution in [3.8, 4) is 11.1 Å². The van der Waals surface area contributed by atoms with Crippen LogP contribution in [-0.4, -0.2) is 11.5 Å². The Kier molecular flexibility index (Phi) is 4.85. The fourth-order valence-electron chi connectivity index (χ4n) is 2.39. The van der Waals surface area contributed by atoms with Crippen LogP contribution < -0.4 is 5.32 Å². The number of nitrogens with zero attached hydrogens (tertiary/aromatic N) is 1. The van der Waals surface area contributed by atoms with E-state index in [0.717, 1.165) is 35.2 Å². The van der Waals surface area contributed by atoms with E-state index in [1.54, 1.807) is 12.3 Å². The van der Waals surface area contributed by atoms with Gasteiger partial charge in [-0.2, -0.15) is 0 Å². The first-order valence-corrected chi connectivity index (χ1v) is 7.07. The van der Waals surface area contributed by atoms with Crippen LogP contribution in [0.3, 0.4) is 0 Å². The Morgan fingerprint density at radius 1 is 1.25 bits per heavy atom. The second-order valence-corrected chi connectivity index (χ2v) is 5.10. The zero-order valence-electron chi connectivity index (χ0n) is 12.3. The summed E-state index contributed by atoms with van der Waals surface area (Å²) in [6, 6.07) is 7.15. The number of aromatic nitrogens is 1. The van der Waals surface area contributed by atoms with Gasteiger partial charge in [-0.1, -0.05) is 13.0 Å². The van der Waals surface area contributed by atoms with Crippen molar-refractivity contribution in [2.45, 2.75) is 33.2 Å². The third kappa shape index (κ3) is 3.23. The maximum absolute atomic E-state index is 13.6. The van der Waals surface area contributed by atoms with E-state index < -0.39 is 0 Å². The molecule has 0 spiro atoms. The van der Waals surface area contributed by atoms with Gasteiger partial charge in [0.1, 0.15) is 5.82 Å². The molecule has 2 rings (SSSR count). The van der Waals surface area contributed by atoms with Gasteiger partial charge >= 0.3 is 0 Å². The minimum Gasteiger partial charge on any atom is -0.310 e. The predicted octanol–water partition coefficient (Wildman–Crippen LogP) is 4.26. The molecule has 2 nitrogen and oxygen atoms in total. The molecule has 0 saturated heterocycles. The zero-order valence-corrected chi connectivity index (χ0v) is 12.3. The molecule has 1 aromatic carbocycles. The standard InChI is InChI=1S/C17H21FN2/c1-4-8-20-13(3)16-6-5-14(18)10-17(16)15-7-9-19-11-12(15)2/h5-7,9-11,13,20H,4,8H2,1-3H3. The van der Waals surface area contributed by atoms with Crippen molar-refractivity contribution in [2.24, 2.45) is 0 Å². The lowest BCUT2D eigenvalue weighted by atomic mass is 9.93. The van der Waals surface area contributed by atoms with Crippen LogP contribution in [-0.2, 0) is 0 Å². The van der Waals surface area contributed by atoms with E-state index in [2.05, 4.69) is 24.1 Å². The first-order chi connectivity index (χ1) is 9.63. The molecule has 1 atom stereocenters. The molecule has 20 heavy (non-hydrogen) atoms. The van der Waals surface area contributed by atoms with Crippen molar-refractivity contribution < 1.29 is 4.39 Å². The minimum atomic E-state index is -0.206. The fraction of sp³-hybridized carbons (Fsp3) is 0.353. The highest BCUT2D eigenvalue weighted by Crippen LogP contribution is 2.30. The number of pyridine rings is 1. The van der Waals surface area contributed by atoms with Crippen LogP contribution >= 0.6 is 0 Å². The van der Waals surface area contributed by atoms with Gasteiger partial charge in [-0.05, 0) is 67.3 Å². The van der Waals surface area contributed by atoms with Crippen LogP contribution in [0.25, 0.3) is 11.1 Å². The van der Waals surface area contributed by atoms with Crippen LogP contribution in [0.1, 0.15) is 37.4 Å². The molecular formula is C17H21FN2. The van der Waals surface area contributed by atoms with Crippen molar-refractivity contribution in [2.75, 3.05) is 6.54 Å². The number of nitrogens with one attached hydrogen (secondary N) is 1. The van der Waals surface area contributed by atoms with Gasteiger partial charge in [0, 0.05) is 18.4 Å². The molecule has 0 amide bonds. The smallest absolute Gasteiger partial charge is 0.123 e. The normalized spacial score (nSPS) is 12.4. The van der Waals surface area contributed by atoms with E-state index in [1.165, 1.54) is 6.07 Å². The fourth-order valence-corrected chi connectivity index (χ4v) is 2.39. The molecule has 0 radical (unpaired) electrons. The summed E-state index contributed by atoms with van der Waals surface area (Å²) in [4.78, 5) is 4.11. The Hall–Kier alpha value is -1.74. The summed E-state index contributed by atoms with van der Waals surface area (Å²) in [5.41, 5.74) is 4.16. The van der Waals surface area contributed by atoms with Crippen molar-refractivity contribution >= 4 is 0 Å². The van der Waals surface area contributed by atoms with Crippen molar-refractivity contribution in [1.29, 1.82) is 0 Å². The number of benzene rings is 1. The average molecular weight is 272 g/mol. The van der Waals surface area contributed by atoms with E-state index in [4.69, 9.17) is 0 Å². The predicted molar refractivity (Wildman–Crippen MR) is 81.1 cm³/mol. The minimum absolute atomic E-state index is 0.193. The van der Waals surface area contributed by atoms with Crippen molar-refractivity contribution in [3.63, 3.8) is 0 Å². The van der Waals surface area contributed by atoms with Gasteiger partial charge in [0.25, 0.3) is 0 Å². The molecule has 0 aliphatic carbocycles. The second kappa shape index (κ2) is 6.62. The number of aryl methyl sites for hydroxylation is 1. The summed E-state index contributed by atoms with van der Waals surface area (Å²) >= 11 is 0. The molecule has 1 aromatic heterocycles. The molecule has 0 fully saturated rings. The summed E-state index contributed by atoms with van der Waals surface area (Å²) in [7, 11) is 0. The number of rotatable bonds is 5. The van der Waals surface area contributed by atoms with Crippen LogP contribution in [0.5, 0.6) is 0 Å². The SMILES string of the molecule is CCCNC(C)c1ccc(F)cc1-c1ccncc1C. The Morgan fingerprint density at radius 2 is 2.05 bits per heavy atom. The molecule has 0 saturated carbocycles. The molecule has 1 N–H and O–H groups in total. The lowest BCUT2D eigenvalue weighted by molar-refractivity contribution is 0.569. The van der Waals surface area contributed by atoms with E-state index in [1.807, 2.05) is 25.3 Å². The molecule has 3 heteroatoms. The summed E-state index contributed by atoms with van der Waals surface area (Å²) < 4.78 is 13.6. The maximum atomic E-state index is 13.6. The number of hydrogen-bond acceptors (Lipinski definition) is 2.